The van der Waals surface area contributed by atoms with E-state index in [1.54, 1.807) is 0 Å². The van der Waals surface area contributed by atoms with Crippen LogP contribution in [0.5, 0.6) is 0 Å². The monoisotopic (exact) mass is 228 g/mol. The van der Waals surface area contributed by atoms with Crippen LogP contribution in [0.1, 0.15) is 32.6 Å². The summed E-state index contributed by atoms with van der Waals surface area (Å²) in [5.74, 6) is -0.996. The third-order valence-corrected chi connectivity index (χ3v) is 3.20. The van der Waals surface area contributed by atoms with Crippen LogP contribution >= 0.6 is 0 Å². The molecule has 0 unspecified atom stereocenters. The lowest BCUT2D eigenvalue weighted by Gasteiger charge is -2.25. The Morgan fingerprint density at radius 1 is 1.38 bits per heavy atom. The van der Waals surface area contributed by atoms with E-state index in [9.17, 15) is 9.59 Å². The van der Waals surface area contributed by atoms with Gasteiger partial charge in [0, 0.05) is 13.6 Å². The topological polar surface area (TPSA) is 69.6 Å². The summed E-state index contributed by atoms with van der Waals surface area (Å²) in [6.45, 7) is 2.54. The van der Waals surface area contributed by atoms with Crippen LogP contribution in [0.25, 0.3) is 0 Å². The number of likely N-dealkylation sites (N-methyl/N-ethyl adjacent to an activating group) is 1. The average Bonchev–Trinajstić information content (AvgIpc) is 2.61. The molecule has 1 aliphatic rings. The molecule has 5 heteroatoms. The van der Waals surface area contributed by atoms with Crippen molar-refractivity contribution in [2.45, 2.75) is 32.6 Å². The highest BCUT2D eigenvalue weighted by atomic mass is 16.4. The number of nitrogens with zero attached hydrogens (tertiary/aromatic N) is 1. The van der Waals surface area contributed by atoms with Gasteiger partial charge in [0.1, 0.15) is 6.54 Å². The molecule has 1 aliphatic carbocycles. The Bertz CT molecular complexity index is 272. The van der Waals surface area contributed by atoms with Gasteiger partial charge in [0.15, 0.2) is 0 Å². The fourth-order valence-corrected chi connectivity index (χ4v) is 2.10. The van der Waals surface area contributed by atoms with Crippen molar-refractivity contribution >= 4 is 12.0 Å². The first kappa shape index (κ1) is 12.8. The van der Waals surface area contributed by atoms with Crippen LogP contribution in [0.2, 0.25) is 0 Å². The standard InChI is InChI=1S/C11H20N2O3/c1-11(5-3-4-6-11)8-12-10(16)13(2)7-9(14)15/h3-8H2,1-2H3,(H,12,16)(H,14,15). The second kappa shape index (κ2) is 5.18. The van der Waals surface area contributed by atoms with E-state index in [1.807, 2.05) is 0 Å². The molecule has 0 saturated heterocycles. The van der Waals surface area contributed by atoms with Crippen molar-refractivity contribution in [2.75, 3.05) is 20.1 Å². The van der Waals surface area contributed by atoms with Crippen molar-refractivity contribution in [3.8, 4) is 0 Å². The molecular weight excluding hydrogens is 208 g/mol. The number of carboxylic acids is 1. The summed E-state index contributed by atoms with van der Waals surface area (Å²) >= 11 is 0. The van der Waals surface area contributed by atoms with Crippen LogP contribution in [0.3, 0.4) is 0 Å². The Balaban J connectivity index is 2.31. The number of carbonyl (C=O) groups excluding carboxylic acids is 1. The van der Waals surface area contributed by atoms with Gasteiger partial charge in [-0.05, 0) is 18.3 Å². The number of carboxylic acid groups (broad SMARTS) is 1. The molecule has 92 valence electrons. The number of amides is 2. The lowest BCUT2D eigenvalue weighted by atomic mass is 9.89. The average molecular weight is 228 g/mol. The fourth-order valence-electron chi connectivity index (χ4n) is 2.10. The van der Waals surface area contributed by atoms with Crippen LogP contribution < -0.4 is 5.32 Å². The van der Waals surface area contributed by atoms with Gasteiger partial charge >= 0.3 is 12.0 Å². The van der Waals surface area contributed by atoms with E-state index in [2.05, 4.69) is 12.2 Å². The fraction of sp³-hybridized carbons (Fsp3) is 0.818. The quantitative estimate of drug-likeness (QED) is 0.761. The first-order valence-corrected chi connectivity index (χ1v) is 5.64. The van der Waals surface area contributed by atoms with Crippen molar-refractivity contribution in [1.29, 1.82) is 0 Å². The molecule has 5 nitrogen and oxygen atoms in total. The first-order chi connectivity index (χ1) is 7.43. The Morgan fingerprint density at radius 3 is 2.44 bits per heavy atom. The maximum Gasteiger partial charge on any atom is 0.323 e. The number of aliphatic carboxylic acids is 1. The predicted molar refractivity (Wildman–Crippen MR) is 60.2 cm³/mol. The summed E-state index contributed by atoms with van der Waals surface area (Å²) in [7, 11) is 1.49. The molecule has 0 aromatic rings. The molecular formula is C11H20N2O3. The highest BCUT2D eigenvalue weighted by molar-refractivity contribution is 5.79. The Hall–Kier alpha value is -1.26. The van der Waals surface area contributed by atoms with E-state index in [-0.39, 0.29) is 18.0 Å². The van der Waals surface area contributed by atoms with E-state index in [0.717, 1.165) is 12.8 Å². The molecule has 1 rings (SSSR count). The van der Waals surface area contributed by atoms with Gasteiger partial charge < -0.3 is 15.3 Å². The number of nitrogens with one attached hydrogen (secondary N) is 1. The smallest absolute Gasteiger partial charge is 0.323 e. The molecule has 0 spiro atoms. The summed E-state index contributed by atoms with van der Waals surface area (Å²) in [6.07, 6.45) is 4.71. The van der Waals surface area contributed by atoms with Crippen molar-refractivity contribution in [3.05, 3.63) is 0 Å². The van der Waals surface area contributed by atoms with Crippen LogP contribution in [0.4, 0.5) is 4.79 Å². The first-order valence-electron chi connectivity index (χ1n) is 5.64. The minimum absolute atomic E-state index is 0.194. The van der Waals surface area contributed by atoms with Crippen LogP contribution in [-0.4, -0.2) is 42.1 Å². The summed E-state index contributed by atoms with van der Waals surface area (Å²) < 4.78 is 0. The van der Waals surface area contributed by atoms with Gasteiger partial charge in [0.05, 0.1) is 0 Å². The third-order valence-electron chi connectivity index (χ3n) is 3.20. The minimum Gasteiger partial charge on any atom is -0.480 e. The van der Waals surface area contributed by atoms with Crippen LogP contribution in [-0.2, 0) is 4.79 Å². The van der Waals surface area contributed by atoms with Gasteiger partial charge in [0.2, 0.25) is 0 Å². The van der Waals surface area contributed by atoms with Gasteiger partial charge in [-0.2, -0.15) is 0 Å². The Kier molecular flexibility index (Phi) is 4.15. The van der Waals surface area contributed by atoms with Crippen molar-refractivity contribution in [3.63, 3.8) is 0 Å². The maximum absolute atomic E-state index is 11.5. The third kappa shape index (κ3) is 3.72. The molecule has 1 saturated carbocycles. The molecule has 2 N–H and O–H groups in total. The summed E-state index contributed by atoms with van der Waals surface area (Å²) in [6, 6.07) is -0.310. The summed E-state index contributed by atoms with van der Waals surface area (Å²) in [5.41, 5.74) is 0.194. The van der Waals surface area contributed by atoms with Gasteiger partial charge in [-0.25, -0.2) is 4.79 Å². The van der Waals surface area contributed by atoms with Gasteiger partial charge in [-0.1, -0.05) is 19.8 Å². The van der Waals surface area contributed by atoms with E-state index in [1.165, 1.54) is 24.8 Å². The van der Waals surface area contributed by atoms with Crippen molar-refractivity contribution < 1.29 is 14.7 Å². The maximum atomic E-state index is 11.5. The van der Waals surface area contributed by atoms with E-state index >= 15 is 0 Å². The summed E-state index contributed by atoms with van der Waals surface area (Å²) in [4.78, 5) is 23.1. The number of urea groups is 1. The molecule has 16 heavy (non-hydrogen) atoms. The molecule has 2 amide bonds. The highest BCUT2D eigenvalue weighted by Gasteiger charge is 2.29. The van der Waals surface area contributed by atoms with Crippen molar-refractivity contribution in [1.82, 2.24) is 10.2 Å². The van der Waals surface area contributed by atoms with E-state index in [4.69, 9.17) is 5.11 Å². The lowest BCUT2D eigenvalue weighted by Crippen LogP contribution is -2.43. The van der Waals surface area contributed by atoms with E-state index in [0.29, 0.717) is 6.54 Å². The molecule has 0 bridgehead atoms. The van der Waals surface area contributed by atoms with Crippen LogP contribution in [0.15, 0.2) is 0 Å². The van der Waals surface area contributed by atoms with Crippen molar-refractivity contribution in [2.24, 2.45) is 5.41 Å². The van der Waals surface area contributed by atoms with Gasteiger partial charge in [-0.3, -0.25) is 4.79 Å². The molecule has 0 aromatic carbocycles. The molecule has 1 fully saturated rings. The molecule has 0 aromatic heterocycles. The SMILES string of the molecule is CN(CC(=O)O)C(=O)NCC1(C)CCCC1. The second-order valence-electron chi connectivity index (χ2n) is 4.93. The normalized spacial score (nSPS) is 18.1. The molecule has 0 aliphatic heterocycles. The number of rotatable bonds is 4. The van der Waals surface area contributed by atoms with Crippen LogP contribution in [0, 0.1) is 5.41 Å². The molecule has 0 radical (unpaired) electrons. The van der Waals surface area contributed by atoms with E-state index < -0.39 is 5.97 Å². The molecule has 0 heterocycles. The lowest BCUT2D eigenvalue weighted by molar-refractivity contribution is -0.137. The Labute approximate surface area is 95.8 Å². The largest absolute Gasteiger partial charge is 0.480 e. The zero-order valence-corrected chi connectivity index (χ0v) is 9.95. The number of hydrogen-bond acceptors (Lipinski definition) is 2. The van der Waals surface area contributed by atoms with Gasteiger partial charge in [0.25, 0.3) is 0 Å². The second-order valence-corrected chi connectivity index (χ2v) is 4.93. The highest BCUT2D eigenvalue weighted by Crippen LogP contribution is 2.36. The summed E-state index contributed by atoms with van der Waals surface area (Å²) in [5, 5.41) is 11.3. The number of hydrogen-bond donors (Lipinski definition) is 2. The minimum atomic E-state index is -0.996. The predicted octanol–water partition coefficient (Wildman–Crippen LogP) is 1.29. The van der Waals surface area contributed by atoms with Gasteiger partial charge in [-0.15, -0.1) is 0 Å². The number of carbonyl (C=O) groups is 2. The molecule has 0 atom stereocenters. The zero-order chi connectivity index (χ0) is 12.2. The Morgan fingerprint density at radius 2 is 1.94 bits per heavy atom. The zero-order valence-electron chi connectivity index (χ0n) is 9.95.